The fourth-order valence-corrected chi connectivity index (χ4v) is 1.96. The molecule has 1 aromatic heterocycles. The molecule has 0 saturated heterocycles. The molecule has 0 saturated carbocycles. The third-order valence-corrected chi connectivity index (χ3v) is 3.07. The van der Waals surface area contributed by atoms with E-state index in [2.05, 4.69) is 4.98 Å². The molecule has 21 heavy (non-hydrogen) atoms. The van der Waals surface area contributed by atoms with E-state index < -0.39 is 5.82 Å². The van der Waals surface area contributed by atoms with Crippen LogP contribution in [0.1, 0.15) is 29.9 Å². The molecule has 5 heteroatoms. The number of aryl methyl sites for hydroxylation is 1. The highest BCUT2D eigenvalue weighted by Gasteiger charge is 2.08. The zero-order chi connectivity index (χ0) is 15.4. The van der Waals surface area contributed by atoms with Gasteiger partial charge in [0.2, 0.25) is 0 Å². The minimum atomic E-state index is -0.426. The first-order chi connectivity index (χ1) is 9.99. The van der Waals surface area contributed by atoms with Crippen LogP contribution < -0.4 is 15.2 Å². The molecule has 0 fully saturated rings. The molecular weight excluding hydrogens is 271 g/mol. The molecule has 2 rings (SSSR count). The standard InChI is InChI=1S/C16H19FN2O2/c1-10-6-14(20-3)8-13(19-10)9-21-16-5-4-12(11(2)18)7-15(16)17/h4-8,11H,9,18H2,1-3H3/t11-/m0/s1. The Morgan fingerprint density at radius 1 is 1.29 bits per heavy atom. The Kier molecular flexibility index (Phi) is 4.75. The highest BCUT2D eigenvalue weighted by molar-refractivity contribution is 5.31. The van der Waals surface area contributed by atoms with Crippen molar-refractivity contribution in [3.8, 4) is 11.5 Å². The van der Waals surface area contributed by atoms with Crippen molar-refractivity contribution in [3.63, 3.8) is 0 Å². The molecule has 0 aliphatic heterocycles. The summed E-state index contributed by atoms with van der Waals surface area (Å²) in [5, 5.41) is 0. The Morgan fingerprint density at radius 2 is 2.05 bits per heavy atom. The van der Waals surface area contributed by atoms with Crippen LogP contribution in [0.4, 0.5) is 4.39 Å². The summed E-state index contributed by atoms with van der Waals surface area (Å²) in [4.78, 5) is 4.32. The summed E-state index contributed by atoms with van der Waals surface area (Å²) in [6.45, 7) is 3.84. The van der Waals surface area contributed by atoms with Gasteiger partial charge >= 0.3 is 0 Å². The number of pyridine rings is 1. The SMILES string of the molecule is COc1cc(C)nc(COc2ccc([C@H](C)N)cc2F)c1. The summed E-state index contributed by atoms with van der Waals surface area (Å²) in [5.74, 6) is 0.458. The zero-order valence-corrected chi connectivity index (χ0v) is 12.4. The van der Waals surface area contributed by atoms with Crippen molar-refractivity contribution >= 4 is 0 Å². The van der Waals surface area contributed by atoms with Gasteiger partial charge in [0.1, 0.15) is 12.4 Å². The highest BCUT2D eigenvalue weighted by Crippen LogP contribution is 2.22. The number of rotatable bonds is 5. The minimum Gasteiger partial charge on any atom is -0.497 e. The fourth-order valence-electron chi connectivity index (χ4n) is 1.96. The van der Waals surface area contributed by atoms with E-state index in [0.717, 1.165) is 11.3 Å². The molecule has 2 aromatic rings. The molecule has 0 spiro atoms. The average Bonchev–Trinajstić information content (AvgIpc) is 2.45. The predicted molar refractivity (Wildman–Crippen MR) is 78.9 cm³/mol. The molecule has 0 aliphatic rings. The molecule has 0 aliphatic carbocycles. The van der Waals surface area contributed by atoms with Crippen molar-refractivity contribution in [2.75, 3.05) is 7.11 Å². The van der Waals surface area contributed by atoms with Gasteiger partial charge in [-0.05, 0) is 31.5 Å². The van der Waals surface area contributed by atoms with Crippen LogP contribution in [0.25, 0.3) is 0 Å². The number of methoxy groups -OCH3 is 1. The zero-order valence-electron chi connectivity index (χ0n) is 12.4. The van der Waals surface area contributed by atoms with E-state index in [1.165, 1.54) is 6.07 Å². The molecule has 1 heterocycles. The normalized spacial score (nSPS) is 12.0. The maximum Gasteiger partial charge on any atom is 0.165 e. The van der Waals surface area contributed by atoms with Gasteiger partial charge in [0.25, 0.3) is 0 Å². The molecule has 1 aromatic carbocycles. The molecule has 0 radical (unpaired) electrons. The van der Waals surface area contributed by atoms with Gasteiger partial charge in [-0.25, -0.2) is 4.39 Å². The largest absolute Gasteiger partial charge is 0.497 e. The molecular formula is C16H19FN2O2. The Labute approximate surface area is 123 Å². The van der Waals surface area contributed by atoms with Crippen LogP contribution >= 0.6 is 0 Å². The van der Waals surface area contributed by atoms with Gasteiger partial charge in [-0.2, -0.15) is 0 Å². The van der Waals surface area contributed by atoms with Crippen LogP contribution in [0.2, 0.25) is 0 Å². The van der Waals surface area contributed by atoms with Crippen LogP contribution in [-0.2, 0) is 6.61 Å². The molecule has 112 valence electrons. The number of nitrogens with zero attached hydrogens (tertiary/aromatic N) is 1. The number of halogens is 1. The topological polar surface area (TPSA) is 57.4 Å². The fraction of sp³-hybridized carbons (Fsp3) is 0.312. The number of benzene rings is 1. The molecule has 0 bridgehead atoms. The summed E-state index contributed by atoms with van der Waals surface area (Å²) in [5.41, 5.74) is 7.95. The van der Waals surface area contributed by atoms with Crippen LogP contribution in [-0.4, -0.2) is 12.1 Å². The summed E-state index contributed by atoms with van der Waals surface area (Å²) < 4.78 is 24.6. The Bertz CT molecular complexity index is 630. The van der Waals surface area contributed by atoms with Gasteiger partial charge in [-0.1, -0.05) is 6.07 Å². The van der Waals surface area contributed by atoms with E-state index in [4.69, 9.17) is 15.2 Å². The van der Waals surface area contributed by atoms with Crippen LogP contribution in [0.5, 0.6) is 11.5 Å². The highest BCUT2D eigenvalue weighted by atomic mass is 19.1. The van der Waals surface area contributed by atoms with E-state index >= 15 is 0 Å². The minimum absolute atomic E-state index is 0.173. The number of aromatic nitrogens is 1. The van der Waals surface area contributed by atoms with E-state index in [-0.39, 0.29) is 18.4 Å². The Balaban J connectivity index is 2.11. The van der Waals surface area contributed by atoms with Crippen molar-refractivity contribution in [2.24, 2.45) is 5.73 Å². The van der Waals surface area contributed by atoms with Crippen LogP contribution in [0.3, 0.4) is 0 Å². The van der Waals surface area contributed by atoms with Crippen LogP contribution in [0, 0.1) is 12.7 Å². The lowest BCUT2D eigenvalue weighted by Gasteiger charge is -2.11. The van der Waals surface area contributed by atoms with Crippen LogP contribution in [0.15, 0.2) is 30.3 Å². The van der Waals surface area contributed by atoms with E-state index in [9.17, 15) is 4.39 Å². The third kappa shape index (κ3) is 3.92. The molecule has 2 N–H and O–H groups in total. The van der Waals surface area contributed by atoms with Crippen molar-refractivity contribution in [3.05, 3.63) is 53.1 Å². The van der Waals surface area contributed by atoms with E-state index in [1.54, 1.807) is 32.2 Å². The van der Waals surface area contributed by atoms with Crippen molar-refractivity contribution in [2.45, 2.75) is 26.5 Å². The molecule has 4 nitrogen and oxygen atoms in total. The lowest BCUT2D eigenvalue weighted by molar-refractivity contribution is 0.284. The summed E-state index contributed by atoms with van der Waals surface area (Å²) in [6.07, 6.45) is 0. The maximum atomic E-state index is 13.9. The Hall–Kier alpha value is -2.14. The Morgan fingerprint density at radius 3 is 2.67 bits per heavy atom. The second kappa shape index (κ2) is 6.54. The van der Waals surface area contributed by atoms with E-state index in [0.29, 0.717) is 11.4 Å². The monoisotopic (exact) mass is 290 g/mol. The quantitative estimate of drug-likeness (QED) is 0.919. The van der Waals surface area contributed by atoms with Gasteiger partial charge in [-0.15, -0.1) is 0 Å². The van der Waals surface area contributed by atoms with Crippen molar-refractivity contribution in [1.29, 1.82) is 0 Å². The van der Waals surface area contributed by atoms with Crippen molar-refractivity contribution in [1.82, 2.24) is 4.98 Å². The number of nitrogens with two attached hydrogens (primary N) is 1. The first kappa shape index (κ1) is 15.3. The number of hydrogen-bond donors (Lipinski definition) is 1. The lowest BCUT2D eigenvalue weighted by Crippen LogP contribution is -2.06. The van der Waals surface area contributed by atoms with Gasteiger partial charge in [-0.3, -0.25) is 4.98 Å². The first-order valence-corrected chi connectivity index (χ1v) is 6.69. The number of hydrogen-bond acceptors (Lipinski definition) is 4. The lowest BCUT2D eigenvalue weighted by atomic mass is 10.1. The molecule has 0 amide bonds. The summed E-state index contributed by atoms with van der Waals surface area (Å²) >= 11 is 0. The number of ether oxygens (including phenoxy) is 2. The predicted octanol–water partition coefficient (Wildman–Crippen LogP) is 3.14. The van der Waals surface area contributed by atoms with Gasteiger partial charge < -0.3 is 15.2 Å². The first-order valence-electron chi connectivity index (χ1n) is 6.69. The maximum absolute atomic E-state index is 13.9. The smallest absolute Gasteiger partial charge is 0.165 e. The second-order valence-electron chi connectivity index (χ2n) is 4.91. The third-order valence-electron chi connectivity index (χ3n) is 3.07. The van der Waals surface area contributed by atoms with Gasteiger partial charge in [0.05, 0.1) is 12.8 Å². The van der Waals surface area contributed by atoms with Gasteiger partial charge in [0, 0.05) is 23.9 Å². The molecule has 0 unspecified atom stereocenters. The van der Waals surface area contributed by atoms with E-state index in [1.807, 2.05) is 13.0 Å². The molecule has 1 atom stereocenters. The average molecular weight is 290 g/mol. The second-order valence-corrected chi connectivity index (χ2v) is 4.91. The summed E-state index contributed by atoms with van der Waals surface area (Å²) in [7, 11) is 1.59. The van der Waals surface area contributed by atoms with Gasteiger partial charge in [0.15, 0.2) is 11.6 Å². The van der Waals surface area contributed by atoms with Crippen molar-refractivity contribution < 1.29 is 13.9 Å². The summed E-state index contributed by atoms with van der Waals surface area (Å²) in [6, 6.07) is 8.11.